The zero-order chi connectivity index (χ0) is 26.8. The molecular weight excluding hydrogens is 484 g/mol. The number of carbonyl (C=O) groups is 3. The molecule has 1 aliphatic carbocycles. The van der Waals surface area contributed by atoms with E-state index in [4.69, 9.17) is 4.52 Å². The Morgan fingerprint density at radius 1 is 0.947 bits per heavy atom. The third-order valence-corrected chi connectivity index (χ3v) is 8.36. The standard InChI is InChI=1S/C29H36N4O5/c1-19-23(10-5-3-4-6-13-31-14-16-32(17-15-31)27(35)21-8-7-9-21)28(36)33(26(19)34)22-11-12-24-25(18-22)20(2)30-38-29(24)37/h11-12,18,21H,3-10,13-17H2,1-2H3. The van der Waals surface area contributed by atoms with Crippen molar-refractivity contribution in [1.82, 2.24) is 15.0 Å². The fraction of sp³-hybridized carbons (Fsp3) is 0.552. The molecule has 0 atom stereocenters. The first-order valence-electron chi connectivity index (χ1n) is 13.8. The second-order valence-corrected chi connectivity index (χ2v) is 10.8. The smallest absolute Gasteiger partial charge is 0.340 e. The first-order valence-corrected chi connectivity index (χ1v) is 13.8. The zero-order valence-corrected chi connectivity index (χ0v) is 22.3. The van der Waals surface area contributed by atoms with Gasteiger partial charge in [0.25, 0.3) is 11.8 Å². The van der Waals surface area contributed by atoms with Crippen molar-refractivity contribution in [3.05, 3.63) is 45.5 Å². The molecule has 0 radical (unpaired) electrons. The number of anilines is 1. The molecule has 2 aliphatic heterocycles. The SMILES string of the molecule is CC1=C(CCCCCCN2CCN(C(=O)C3CCC3)CC2)C(=O)N(c2ccc3c(=O)onc(C)c3c2)C1=O. The van der Waals surface area contributed by atoms with Crippen LogP contribution < -0.4 is 10.5 Å². The third kappa shape index (κ3) is 5.16. The van der Waals surface area contributed by atoms with Gasteiger partial charge in [0, 0.05) is 48.6 Å². The summed E-state index contributed by atoms with van der Waals surface area (Å²) >= 11 is 0. The number of benzene rings is 1. The number of hydrogen-bond donors (Lipinski definition) is 0. The van der Waals surface area contributed by atoms with Gasteiger partial charge < -0.3 is 9.42 Å². The van der Waals surface area contributed by atoms with Crippen molar-refractivity contribution >= 4 is 34.2 Å². The van der Waals surface area contributed by atoms with Gasteiger partial charge in [0.15, 0.2) is 0 Å². The Kier molecular flexibility index (Phi) is 7.74. The van der Waals surface area contributed by atoms with Crippen LogP contribution in [0.25, 0.3) is 10.8 Å². The van der Waals surface area contributed by atoms with E-state index in [9.17, 15) is 19.2 Å². The lowest BCUT2D eigenvalue weighted by Crippen LogP contribution is -2.51. The Labute approximate surface area is 222 Å². The van der Waals surface area contributed by atoms with Crippen molar-refractivity contribution in [2.24, 2.45) is 5.92 Å². The number of unbranched alkanes of at least 4 members (excludes halogenated alkanes) is 3. The molecular formula is C29H36N4O5. The van der Waals surface area contributed by atoms with Gasteiger partial charge in [-0.15, -0.1) is 0 Å². The number of aryl methyl sites for hydroxylation is 1. The molecule has 1 aromatic heterocycles. The molecule has 3 amide bonds. The van der Waals surface area contributed by atoms with Gasteiger partial charge in [-0.25, -0.2) is 9.69 Å². The Hall–Kier alpha value is -3.33. The van der Waals surface area contributed by atoms with Gasteiger partial charge in [-0.2, -0.15) is 0 Å². The molecule has 1 saturated heterocycles. The van der Waals surface area contributed by atoms with E-state index in [2.05, 4.69) is 10.1 Å². The van der Waals surface area contributed by atoms with Crippen molar-refractivity contribution in [2.45, 2.75) is 65.2 Å². The first kappa shape index (κ1) is 26.3. The molecule has 9 nitrogen and oxygen atoms in total. The van der Waals surface area contributed by atoms with E-state index in [-0.39, 0.29) is 17.7 Å². The van der Waals surface area contributed by atoms with E-state index in [0.717, 1.165) is 71.2 Å². The van der Waals surface area contributed by atoms with E-state index in [1.807, 2.05) is 4.90 Å². The van der Waals surface area contributed by atoms with Crippen molar-refractivity contribution in [3.8, 4) is 0 Å². The molecule has 3 heterocycles. The number of piperazine rings is 1. The van der Waals surface area contributed by atoms with Crippen LogP contribution in [0.3, 0.4) is 0 Å². The summed E-state index contributed by atoms with van der Waals surface area (Å²) in [6.45, 7) is 8.06. The van der Waals surface area contributed by atoms with Crippen molar-refractivity contribution < 1.29 is 18.9 Å². The van der Waals surface area contributed by atoms with Gasteiger partial charge in [0.1, 0.15) is 0 Å². The molecule has 202 valence electrons. The quantitative estimate of drug-likeness (QED) is 0.368. The average Bonchev–Trinajstić information content (AvgIpc) is 3.10. The summed E-state index contributed by atoms with van der Waals surface area (Å²) in [6, 6.07) is 4.84. The van der Waals surface area contributed by atoms with Crippen LogP contribution in [0.1, 0.15) is 64.0 Å². The largest absolute Gasteiger partial charge is 0.366 e. The van der Waals surface area contributed by atoms with Crippen molar-refractivity contribution in [2.75, 3.05) is 37.6 Å². The Balaban J connectivity index is 1.07. The second-order valence-electron chi connectivity index (χ2n) is 10.8. The Bertz CT molecular complexity index is 1330. The van der Waals surface area contributed by atoms with Gasteiger partial charge in [-0.1, -0.05) is 24.4 Å². The Morgan fingerprint density at radius 2 is 1.68 bits per heavy atom. The fourth-order valence-corrected chi connectivity index (χ4v) is 5.67. The maximum Gasteiger partial charge on any atom is 0.366 e. The highest BCUT2D eigenvalue weighted by Crippen LogP contribution is 2.32. The highest BCUT2D eigenvalue weighted by Gasteiger charge is 2.36. The number of nitrogens with zero attached hydrogens (tertiary/aromatic N) is 4. The molecule has 1 aromatic carbocycles. The number of carbonyl (C=O) groups excluding carboxylic acids is 3. The summed E-state index contributed by atoms with van der Waals surface area (Å²) in [5, 5.41) is 4.69. The van der Waals surface area contributed by atoms with Crippen LogP contribution in [0, 0.1) is 12.8 Å². The molecule has 9 heteroatoms. The summed E-state index contributed by atoms with van der Waals surface area (Å²) in [5.74, 6) is 0.0498. The van der Waals surface area contributed by atoms with Crippen LogP contribution in [0.5, 0.6) is 0 Å². The number of fused-ring (bicyclic) bond motifs is 1. The highest BCUT2D eigenvalue weighted by atomic mass is 16.5. The molecule has 2 fully saturated rings. The van der Waals surface area contributed by atoms with Crippen LogP contribution in [-0.4, -0.2) is 65.4 Å². The van der Waals surface area contributed by atoms with Gasteiger partial charge in [0.2, 0.25) is 5.91 Å². The predicted molar refractivity (Wildman–Crippen MR) is 144 cm³/mol. The molecule has 1 saturated carbocycles. The van der Waals surface area contributed by atoms with Crippen molar-refractivity contribution in [1.29, 1.82) is 0 Å². The van der Waals surface area contributed by atoms with Crippen LogP contribution in [0.2, 0.25) is 0 Å². The first-order chi connectivity index (χ1) is 18.3. The summed E-state index contributed by atoms with van der Waals surface area (Å²) in [5.41, 5.74) is 1.48. The van der Waals surface area contributed by atoms with E-state index >= 15 is 0 Å². The zero-order valence-electron chi connectivity index (χ0n) is 22.3. The topological polar surface area (TPSA) is 104 Å². The fourth-order valence-electron chi connectivity index (χ4n) is 5.67. The lowest BCUT2D eigenvalue weighted by atomic mass is 9.84. The molecule has 5 rings (SSSR count). The van der Waals surface area contributed by atoms with E-state index in [1.165, 1.54) is 11.3 Å². The molecule has 2 aromatic rings. The van der Waals surface area contributed by atoms with Crippen molar-refractivity contribution in [3.63, 3.8) is 0 Å². The predicted octanol–water partition coefficient (Wildman–Crippen LogP) is 3.58. The minimum Gasteiger partial charge on any atom is -0.340 e. The molecule has 0 bridgehead atoms. The molecule has 0 unspecified atom stereocenters. The monoisotopic (exact) mass is 520 g/mol. The normalized spacial score (nSPS) is 19.1. The van der Waals surface area contributed by atoms with Crippen LogP contribution in [-0.2, 0) is 14.4 Å². The van der Waals surface area contributed by atoms with E-state index < -0.39 is 5.63 Å². The van der Waals surface area contributed by atoms with Crippen LogP contribution in [0.4, 0.5) is 5.69 Å². The van der Waals surface area contributed by atoms with Crippen LogP contribution >= 0.6 is 0 Å². The minimum atomic E-state index is -0.549. The maximum absolute atomic E-state index is 13.2. The summed E-state index contributed by atoms with van der Waals surface area (Å²) in [7, 11) is 0. The van der Waals surface area contributed by atoms with E-state index in [1.54, 1.807) is 32.0 Å². The minimum absolute atomic E-state index is 0.283. The van der Waals surface area contributed by atoms with Gasteiger partial charge in [-0.05, 0) is 70.7 Å². The lowest BCUT2D eigenvalue weighted by molar-refractivity contribution is -0.140. The number of amides is 3. The maximum atomic E-state index is 13.2. The van der Waals surface area contributed by atoms with Crippen LogP contribution in [0.15, 0.2) is 38.7 Å². The third-order valence-electron chi connectivity index (χ3n) is 8.36. The summed E-state index contributed by atoms with van der Waals surface area (Å²) in [4.78, 5) is 56.2. The average molecular weight is 521 g/mol. The molecule has 0 spiro atoms. The number of hydrogen-bond acceptors (Lipinski definition) is 7. The summed E-state index contributed by atoms with van der Waals surface area (Å²) in [6.07, 6.45) is 7.90. The van der Waals surface area contributed by atoms with Gasteiger partial charge in [0.05, 0.1) is 16.8 Å². The number of aromatic nitrogens is 1. The Morgan fingerprint density at radius 3 is 2.39 bits per heavy atom. The molecule has 0 N–H and O–H groups in total. The van der Waals surface area contributed by atoms with E-state index in [0.29, 0.717) is 45.6 Å². The second kappa shape index (κ2) is 11.2. The molecule has 38 heavy (non-hydrogen) atoms. The summed E-state index contributed by atoms with van der Waals surface area (Å²) < 4.78 is 4.77. The highest BCUT2D eigenvalue weighted by molar-refractivity contribution is 6.32. The molecule has 3 aliphatic rings. The number of rotatable bonds is 9. The van der Waals surface area contributed by atoms with Gasteiger partial charge >= 0.3 is 5.63 Å². The lowest BCUT2D eigenvalue weighted by Gasteiger charge is -2.38. The van der Waals surface area contributed by atoms with Gasteiger partial charge in [-0.3, -0.25) is 19.3 Å². The number of imide groups is 1.